The zero-order valence-corrected chi connectivity index (χ0v) is 6.54. The van der Waals surface area contributed by atoms with Gasteiger partial charge in [-0.05, 0) is 12.1 Å². The van der Waals surface area contributed by atoms with Crippen LogP contribution in [0.2, 0.25) is 0 Å². The van der Waals surface area contributed by atoms with Crippen LogP contribution >= 0.6 is 0 Å². The molecule has 0 unspecified atom stereocenters. The molecule has 0 bridgehead atoms. The summed E-state index contributed by atoms with van der Waals surface area (Å²) < 4.78 is 0. The first-order valence-electron chi connectivity index (χ1n) is 3.52. The summed E-state index contributed by atoms with van der Waals surface area (Å²) in [7, 11) is 0. The Kier molecular flexibility index (Phi) is 2.57. The van der Waals surface area contributed by atoms with Crippen LogP contribution in [0.25, 0.3) is 0 Å². The summed E-state index contributed by atoms with van der Waals surface area (Å²) >= 11 is 0. The van der Waals surface area contributed by atoms with Gasteiger partial charge in [0, 0.05) is 0 Å². The highest BCUT2D eigenvalue weighted by Gasteiger charge is 1.99. The van der Waals surface area contributed by atoms with E-state index in [9.17, 15) is 5.11 Å². The number of para-hydroxylation sites is 1. The van der Waals surface area contributed by atoms with Gasteiger partial charge in [0.15, 0.2) is 5.75 Å². The highest BCUT2D eigenvalue weighted by atomic mass is 16.3. The van der Waals surface area contributed by atoms with Crippen molar-refractivity contribution in [2.24, 2.45) is 5.73 Å². The highest BCUT2D eigenvalue weighted by molar-refractivity contribution is 5.60. The Morgan fingerprint density at radius 3 is 2.83 bits per heavy atom. The Morgan fingerprint density at radius 1 is 1.42 bits per heavy atom. The normalized spacial score (nSPS) is 8.75. The Labute approximate surface area is 71.0 Å². The summed E-state index contributed by atoms with van der Waals surface area (Å²) in [6.45, 7) is 0.272. The molecular weight excluding hydrogens is 152 g/mol. The van der Waals surface area contributed by atoms with Gasteiger partial charge >= 0.3 is 0 Å². The van der Waals surface area contributed by atoms with Crippen LogP contribution in [0, 0.1) is 11.8 Å². The average Bonchev–Trinajstić information content (AvgIpc) is 2.08. The third-order valence-corrected chi connectivity index (χ3v) is 1.39. The molecule has 12 heavy (non-hydrogen) atoms. The second-order valence-electron chi connectivity index (χ2n) is 2.25. The molecule has 1 aromatic carbocycles. The standard InChI is InChI=1S/C9H10N2O/c10-6-2-4-7-3-1-5-8(11)9(7)12/h1,3,5,12H,6,10-11H2. The molecule has 0 aliphatic heterocycles. The lowest BCUT2D eigenvalue weighted by Gasteiger charge is -1.99. The zero-order chi connectivity index (χ0) is 8.97. The first kappa shape index (κ1) is 8.44. The first-order valence-corrected chi connectivity index (χ1v) is 3.52. The van der Waals surface area contributed by atoms with Crippen molar-refractivity contribution >= 4 is 5.69 Å². The van der Waals surface area contributed by atoms with Crippen molar-refractivity contribution in [3.05, 3.63) is 23.8 Å². The van der Waals surface area contributed by atoms with Gasteiger partial charge in [0.25, 0.3) is 0 Å². The number of nitrogens with two attached hydrogens (primary N) is 2. The number of aromatic hydroxyl groups is 1. The number of benzene rings is 1. The largest absolute Gasteiger partial charge is 0.505 e. The molecule has 5 N–H and O–H groups in total. The van der Waals surface area contributed by atoms with Gasteiger partial charge in [0.05, 0.1) is 17.8 Å². The van der Waals surface area contributed by atoms with E-state index in [4.69, 9.17) is 11.5 Å². The molecule has 0 saturated carbocycles. The second kappa shape index (κ2) is 3.65. The fourth-order valence-corrected chi connectivity index (χ4v) is 0.809. The van der Waals surface area contributed by atoms with Crippen molar-refractivity contribution in [1.29, 1.82) is 0 Å². The third kappa shape index (κ3) is 1.68. The molecule has 0 heterocycles. The van der Waals surface area contributed by atoms with Gasteiger partial charge in [-0.1, -0.05) is 17.9 Å². The van der Waals surface area contributed by atoms with Gasteiger partial charge in [0.2, 0.25) is 0 Å². The monoisotopic (exact) mass is 162 g/mol. The molecule has 0 amide bonds. The summed E-state index contributed by atoms with van der Waals surface area (Å²) in [6, 6.07) is 5.03. The van der Waals surface area contributed by atoms with Gasteiger partial charge in [-0.3, -0.25) is 0 Å². The van der Waals surface area contributed by atoms with E-state index in [1.807, 2.05) is 0 Å². The number of anilines is 1. The van der Waals surface area contributed by atoms with Gasteiger partial charge in [0.1, 0.15) is 0 Å². The Bertz CT molecular complexity index is 336. The van der Waals surface area contributed by atoms with Crippen LogP contribution in [0.4, 0.5) is 5.69 Å². The van der Waals surface area contributed by atoms with Crippen LogP contribution in [-0.4, -0.2) is 11.7 Å². The van der Waals surface area contributed by atoms with Crippen LogP contribution in [0.1, 0.15) is 5.56 Å². The van der Waals surface area contributed by atoms with Crippen LogP contribution in [0.5, 0.6) is 5.75 Å². The van der Waals surface area contributed by atoms with Crippen molar-refractivity contribution < 1.29 is 5.11 Å². The molecule has 62 valence electrons. The van der Waals surface area contributed by atoms with Crippen molar-refractivity contribution in [3.8, 4) is 17.6 Å². The summed E-state index contributed by atoms with van der Waals surface area (Å²) in [4.78, 5) is 0. The van der Waals surface area contributed by atoms with E-state index in [1.54, 1.807) is 18.2 Å². The minimum atomic E-state index is 0.0263. The summed E-state index contributed by atoms with van der Waals surface area (Å²) in [5.41, 5.74) is 11.5. The van der Waals surface area contributed by atoms with Crippen LogP contribution in [-0.2, 0) is 0 Å². The molecule has 0 saturated heterocycles. The van der Waals surface area contributed by atoms with Gasteiger partial charge in [-0.25, -0.2) is 0 Å². The van der Waals surface area contributed by atoms with Crippen molar-refractivity contribution in [2.45, 2.75) is 0 Å². The lowest BCUT2D eigenvalue weighted by atomic mass is 10.2. The second-order valence-corrected chi connectivity index (χ2v) is 2.25. The van der Waals surface area contributed by atoms with Crippen molar-refractivity contribution in [2.75, 3.05) is 12.3 Å². The summed E-state index contributed by atoms with van der Waals surface area (Å²) in [6.07, 6.45) is 0. The maximum atomic E-state index is 9.36. The SMILES string of the molecule is NCC#Cc1cccc(N)c1O. The molecule has 1 rings (SSSR count). The first-order chi connectivity index (χ1) is 5.75. The molecule has 0 atom stereocenters. The quantitative estimate of drug-likeness (QED) is 0.291. The van der Waals surface area contributed by atoms with Gasteiger partial charge in [-0.2, -0.15) is 0 Å². The minimum Gasteiger partial charge on any atom is -0.505 e. The van der Waals surface area contributed by atoms with Crippen LogP contribution in [0.15, 0.2) is 18.2 Å². The molecule has 0 fully saturated rings. The number of phenols is 1. The molecule has 0 spiro atoms. The lowest BCUT2D eigenvalue weighted by molar-refractivity contribution is 0.476. The van der Waals surface area contributed by atoms with Crippen molar-refractivity contribution in [3.63, 3.8) is 0 Å². The van der Waals surface area contributed by atoms with Crippen LogP contribution < -0.4 is 11.5 Å². The zero-order valence-electron chi connectivity index (χ0n) is 6.54. The third-order valence-electron chi connectivity index (χ3n) is 1.39. The van der Waals surface area contributed by atoms with E-state index < -0.39 is 0 Å². The molecule has 3 nitrogen and oxygen atoms in total. The van der Waals surface area contributed by atoms with E-state index in [0.29, 0.717) is 11.3 Å². The number of hydrogen-bond acceptors (Lipinski definition) is 3. The minimum absolute atomic E-state index is 0.0263. The molecule has 3 heteroatoms. The predicted octanol–water partition coefficient (Wildman–Crippen LogP) is 0.285. The number of nitrogen functional groups attached to an aromatic ring is 1. The van der Waals surface area contributed by atoms with E-state index in [0.717, 1.165) is 0 Å². The van der Waals surface area contributed by atoms with Gasteiger partial charge in [-0.15, -0.1) is 0 Å². The molecule has 0 aromatic heterocycles. The average molecular weight is 162 g/mol. The molecule has 0 aliphatic carbocycles. The number of rotatable bonds is 0. The number of hydrogen-bond donors (Lipinski definition) is 3. The Hall–Kier alpha value is -1.66. The fraction of sp³-hybridized carbons (Fsp3) is 0.111. The smallest absolute Gasteiger partial charge is 0.154 e. The molecule has 1 aromatic rings. The topological polar surface area (TPSA) is 72.3 Å². The van der Waals surface area contributed by atoms with E-state index >= 15 is 0 Å². The molecular formula is C9H10N2O. The fourth-order valence-electron chi connectivity index (χ4n) is 0.809. The maximum absolute atomic E-state index is 9.36. The molecule has 0 radical (unpaired) electrons. The van der Waals surface area contributed by atoms with E-state index in [1.165, 1.54) is 0 Å². The lowest BCUT2D eigenvalue weighted by Crippen LogP contribution is -1.93. The highest BCUT2D eigenvalue weighted by Crippen LogP contribution is 2.22. The van der Waals surface area contributed by atoms with Crippen LogP contribution in [0.3, 0.4) is 0 Å². The van der Waals surface area contributed by atoms with Gasteiger partial charge < -0.3 is 16.6 Å². The summed E-state index contributed by atoms with van der Waals surface area (Å²) in [5, 5.41) is 9.36. The van der Waals surface area contributed by atoms with Crippen molar-refractivity contribution in [1.82, 2.24) is 0 Å². The number of phenolic OH excluding ortho intramolecular Hbond substituents is 1. The molecule has 0 aliphatic rings. The Morgan fingerprint density at radius 2 is 2.17 bits per heavy atom. The Balaban J connectivity index is 3.08. The predicted molar refractivity (Wildman–Crippen MR) is 48.5 cm³/mol. The van der Waals surface area contributed by atoms with E-state index in [2.05, 4.69) is 11.8 Å². The van der Waals surface area contributed by atoms with E-state index in [-0.39, 0.29) is 12.3 Å². The maximum Gasteiger partial charge on any atom is 0.154 e. The summed E-state index contributed by atoms with van der Waals surface area (Å²) in [5.74, 6) is 5.37.